The highest BCUT2D eigenvalue weighted by Crippen LogP contribution is 2.42. The summed E-state index contributed by atoms with van der Waals surface area (Å²) in [6.45, 7) is 1.55. The molecule has 2 fully saturated rings. The second-order valence-corrected chi connectivity index (χ2v) is 5.78. The summed E-state index contributed by atoms with van der Waals surface area (Å²) in [6, 6.07) is 3.45. The van der Waals surface area contributed by atoms with Crippen LogP contribution < -0.4 is 4.74 Å². The lowest BCUT2D eigenvalue weighted by Gasteiger charge is -2.24. The van der Waals surface area contributed by atoms with Crippen molar-refractivity contribution < 1.29 is 14.6 Å². The lowest BCUT2D eigenvalue weighted by Crippen LogP contribution is -2.39. The summed E-state index contributed by atoms with van der Waals surface area (Å²) in [7, 11) is 1.59. The Balaban J connectivity index is 1.73. The van der Waals surface area contributed by atoms with Gasteiger partial charge in [-0.15, -0.1) is 0 Å². The van der Waals surface area contributed by atoms with Gasteiger partial charge in [0.1, 0.15) is 6.04 Å². The molecule has 0 radical (unpaired) electrons. The molecule has 108 valence electrons. The van der Waals surface area contributed by atoms with Crippen LogP contribution in [-0.2, 0) is 11.3 Å². The number of hydrogen-bond acceptors (Lipinski definition) is 4. The van der Waals surface area contributed by atoms with Gasteiger partial charge in [0.05, 0.1) is 7.11 Å². The average Bonchev–Trinajstić information content (AvgIpc) is 2.99. The molecular weight excluding hydrogens is 256 g/mol. The Bertz CT molecular complexity index is 488. The molecule has 2 heterocycles. The zero-order chi connectivity index (χ0) is 14.1. The summed E-state index contributed by atoms with van der Waals surface area (Å²) in [6.07, 6.45) is 5.17. The van der Waals surface area contributed by atoms with Crippen LogP contribution in [0.3, 0.4) is 0 Å². The summed E-state index contributed by atoms with van der Waals surface area (Å²) in [5.41, 5.74) is 1.04. The first-order valence-electron chi connectivity index (χ1n) is 7.15. The van der Waals surface area contributed by atoms with Crippen molar-refractivity contribution in [2.24, 2.45) is 11.8 Å². The fourth-order valence-corrected chi connectivity index (χ4v) is 3.76. The lowest BCUT2D eigenvalue weighted by atomic mass is 9.94. The van der Waals surface area contributed by atoms with Crippen molar-refractivity contribution in [2.45, 2.75) is 31.8 Å². The first-order valence-corrected chi connectivity index (χ1v) is 7.15. The third-order valence-corrected chi connectivity index (χ3v) is 4.63. The zero-order valence-corrected chi connectivity index (χ0v) is 11.7. The van der Waals surface area contributed by atoms with Crippen molar-refractivity contribution in [3.63, 3.8) is 0 Å². The quantitative estimate of drug-likeness (QED) is 0.908. The van der Waals surface area contributed by atoms with Crippen LogP contribution in [0.5, 0.6) is 5.88 Å². The topological polar surface area (TPSA) is 62.7 Å². The van der Waals surface area contributed by atoms with Gasteiger partial charge in [0.2, 0.25) is 5.88 Å². The molecule has 2 aliphatic rings. The van der Waals surface area contributed by atoms with Gasteiger partial charge in [-0.05, 0) is 30.2 Å². The summed E-state index contributed by atoms with van der Waals surface area (Å²) < 4.78 is 5.04. The Hall–Kier alpha value is -1.62. The Morgan fingerprint density at radius 3 is 3.00 bits per heavy atom. The number of nitrogens with zero attached hydrogens (tertiary/aromatic N) is 2. The Morgan fingerprint density at radius 1 is 1.50 bits per heavy atom. The van der Waals surface area contributed by atoms with Gasteiger partial charge in [-0.3, -0.25) is 9.69 Å². The molecule has 1 saturated carbocycles. The number of carboxylic acids is 1. The molecule has 1 aromatic heterocycles. The number of rotatable bonds is 4. The smallest absolute Gasteiger partial charge is 0.321 e. The summed E-state index contributed by atoms with van der Waals surface area (Å²) >= 11 is 0. The van der Waals surface area contributed by atoms with Crippen LogP contribution in [-0.4, -0.2) is 40.7 Å². The van der Waals surface area contributed by atoms with Crippen molar-refractivity contribution in [3.05, 3.63) is 23.9 Å². The van der Waals surface area contributed by atoms with Gasteiger partial charge in [-0.1, -0.05) is 12.5 Å². The first kappa shape index (κ1) is 13.4. The van der Waals surface area contributed by atoms with Gasteiger partial charge in [-0.25, -0.2) is 4.98 Å². The Kier molecular flexibility index (Phi) is 3.61. The lowest BCUT2D eigenvalue weighted by molar-refractivity contribution is -0.143. The number of hydrogen-bond donors (Lipinski definition) is 1. The molecule has 3 unspecified atom stereocenters. The van der Waals surface area contributed by atoms with Crippen LogP contribution in [0.25, 0.3) is 0 Å². The van der Waals surface area contributed by atoms with E-state index >= 15 is 0 Å². The van der Waals surface area contributed by atoms with E-state index in [0.29, 0.717) is 24.3 Å². The summed E-state index contributed by atoms with van der Waals surface area (Å²) in [5, 5.41) is 9.51. The Labute approximate surface area is 118 Å². The number of likely N-dealkylation sites (tertiary alicyclic amines) is 1. The van der Waals surface area contributed by atoms with Crippen LogP contribution in [0.15, 0.2) is 18.3 Å². The monoisotopic (exact) mass is 276 g/mol. The molecule has 3 rings (SSSR count). The van der Waals surface area contributed by atoms with Crippen molar-refractivity contribution in [1.82, 2.24) is 9.88 Å². The van der Waals surface area contributed by atoms with E-state index in [1.807, 2.05) is 12.1 Å². The first-order chi connectivity index (χ1) is 9.69. The number of fused-ring (bicyclic) bond motifs is 1. The largest absolute Gasteiger partial charge is 0.481 e. The van der Waals surface area contributed by atoms with E-state index in [2.05, 4.69) is 9.88 Å². The number of carbonyl (C=O) groups is 1. The molecule has 1 aliphatic heterocycles. The van der Waals surface area contributed by atoms with E-state index in [-0.39, 0.29) is 6.04 Å². The maximum atomic E-state index is 11.6. The van der Waals surface area contributed by atoms with E-state index in [0.717, 1.165) is 18.5 Å². The van der Waals surface area contributed by atoms with Gasteiger partial charge >= 0.3 is 5.97 Å². The number of carboxylic acid groups (broad SMARTS) is 1. The van der Waals surface area contributed by atoms with Crippen molar-refractivity contribution in [2.75, 3.05) is 13.7 Å². The second-order valence-electron chi connectivity index (χ2n) is 5.78. The fourth-order valence-electron chi connectivity index (χ4n) is 3.76. The van der Waals surface area contributed by atoms with Crippen LogP contribution in [0.2, 0.25) is 0 Å². The van der Waals surface area contributed by atoms with Crippen LogP contribution >= 0.6 is 0 Å². The number of methoxy groups -OCH3 is 1. The summed E-state index contributed by atoms with van der Waals surface area (Å²) in [5.74, 6) is 0.795. The maximum absolute atomic E-state index is 11.6. The standard InChI is InChI=1S/C15H20N2O3/c1-20-13-6-5-10(7-16-13)8-17-9-11-3-2-4-12(11)14(17)15(18)19/h5-7,11-12,14H,2-4,8-9H2,1H3,(H,18,19). The molecule has 0 bridgehead atoms. The summed E-state index contributed by atoms with van der Waals surface area (Å²) in [4.78, 5) is 17.9. The normalized spacial score (nSPS) is 29.4. The molecule has 1 aliphatic carbocycles. The SMILES string of the molecule is COc1ccc(CN2CC3CCCC3C2C(=O)O)cn1. The zero-order valence-electron chi connectivity index (χ0n) is 11.7. The van der Waals surface area contributed by atoms with Crippen molar-refractivity contribution >= 4 is 5.97 Å². The molecule has 0 spiro atoms. The predicted molar refractivity (Wildman–Crippen MR) is 73.5 cm³/mol. The molecule has 0 amide bonds. The second kappa shape index (κ2) is 5.40. The highest BCUT2D eigenvalue weighted by Gasteiger charge is 2.47. The number of aromatic nitrogens is 1. The van der Waals surface area contributed by atoms with Gasteiger partial charge < -0.3 is 9.84 Å². The maximum Gasteiger partial charge on any atom is 0.321 e. The molecule has 5 heteroatoms. The van der Waals surface area contributed by atoms with E-state index in [1.54, 1.807) is 13.3 Å². The number of aliphatic carboxylic acids is 1. The number of ether oxygens (including phenoxy) is 1. The van der Waals surface area contributed by atoms with E-state index < -0.39 is 5.97 Å². The third kappa shape index (κ3) is 2.38. The molecule has 1 aromatic rings. The van der Waals surface area contributed by atoms with Crippen LogP contribution in [0, 0.1) is 11.8 Å². The minimum atomic E-state index is -0.680. The molecule has 3 atom stereocenters. The van der Waals surface area contributed by atoms with Gasteiger partial charge in [-0.2, -0.15) is 0 Å². The van der Waals surface area contributed by atoms with Crippen LogP contribution in [0.4, 0.5) is 0 Å². The average molecular weight is 276 g/mol. The fraction of sp³-hybridized carbons (Fsp3) is 0.600. The molecular formula is C15H20N2O3. The van der Waals surface area contributed by atoms with Crippen molar-refractivity contribution in [1.29, 1.82) is 0 Å². The van der Waals surface area contributed by atoms with Gasteiger partial charge in [0.15, 0.2) is 0 Å². The molecule has 1 N–H and O–H groups in total. The van der Waals surface area contributed by atoms with Crippen molar-refractivity contribution in [3.8, 4) is 5.88 Å². The molecule has 0 aromatic carbocycles. The minimum absolute atomic E-state index is 0.329. The van der Waals surface area contributed by atoms with E-state index in [4.69, 9.17) is 4.74 Å². The third-order valence-electron chi connectivity index (χ3n) is 4.63. The predicted octanol–water partition coefficient (Wildman–Crippen LogP) is 1.78. The molecule has 1 saturated heterocycles. The van der Waals surface area contributed by atoms with Crippen LogP contribution in [0.1, 0.15) is 24.8 Å². The van der Waals surface area contributed by atoms with Gasteiger partial charge in [0, 0.05) is 25.4 Å². The minimum Gasteiger partial charge on any atom is -0.481 e. The van der Waals surface area contributed by atoms with E-state index in [9.17, 15) is 9.90 Å². The molecule has 5 nitrogen and oxygen atoms in total. The highest BCUT2D eigenvalue weighted by molar-refractivity contribution is 5.74. The molecule has 20 heavy (non-hydrogen) atoms. The Morgan fingerprint density at radius 2 is 2.35 bits per heavy atom. The van der Waals surface area contributed by atoms with E-state index in [1.165, 1.54) is 12.8 Å². The van der Waals surface area contributed by atoms with Gasteiger partial charge in [0.25, 0.3) is 0 Å². The number of pyridine rings is 1. The highest BCUT2D eigenvalue weighted by atomic mass is 16.5.